The molecule has 8 heteroatoms. The first-order valence-corrected chi connectivity index (χ1v) is 11.0. The van der Waals surface area contributed by atoms with Crippen LogP contribution in [0.4, 0.5) is 14.9 Å². The maximum Gasteiger partial charge on any atom is 0.315 e. The second-order valence-corrected chi connectivity index (χ2v) is 7.64. The van der Waals surface area contributed by atoms with Crippen molar-refractivity contribution in [1.82, 2.24) is 16.0 Å². The third-order valence-corrected chi connectivity index (χ3v) is 5.11. The van der Waals surface area contributed by atoms with Crippen LogP contribution >= 0.6 is 0 Å². The van der Waals surface area contributed by atoms with Gasteiger partial charge in [-0.2, -0.15) is 0 Å². The summed E-state index contributed by atoms with van der Waals surface area (Å²) in [6.07, 6.45) is 0.350. The number of anilines is 1. The van der Waals surface area contributed by atoms with Crippen molar-refractivity contribution in [1.29, 1.82) is 0 Å². The zero-order valence-electron chi connectivity index (χ0n) is 19.0. The molecule has 3 rings (SSSR count). The first-order chi connectivity index (χ1) is 16.5. The lowest BCUT2D eigenvalue weighted by atomic mass is 10.1. The van der Waals surface area contributed by atoms with Crippen LogP contribution in [-0.4, -0.2) is 38.2 Å². The number of amides is 3. The number of halogens is 1. The Kier molecular flexibility index (Phi) is 9.28. The quantitative estimate of drug-likeness (QED) is 0.327. The van der Waals surface area contributed by atoms with E-state index < -0.39 is 12.1 Å². The largest absolute Gasteiger partial charge is 0.497 e. The molecule has 0 unspecified atom stereocenters. The molecule has 0 bridgehead atoms. The van der Waals surface area contributed by atoms with E-state index in [9.17, 15) is 14.0 Å². The van der Waals surface area contributed by atoms with Gasteiger partial charge in [-0.05, 0) is 47.5 Å². The van der Waals surface area contributed by atoms with Gasteiger partial charge in [0.15, 0.2) is 0 Å². The molecule has 0 aromatic heterocycles. The molecule has 3 aromatic rings. The van der Waals surface area contributed by atoms with Gasteiger partial charge in [0, 0.05) is 31.7 Å². The monoisotopic (exact) mass is 464 g/mol. The Morgan fingerprint density at radius 1 is 0.853 bits per heavy atom. The number of benzene rings is 3. The first-order valence-electron chi connectivity index (χ1n) is 11.0. The van der Waals surface area contributed by atoms with Crippen molar-refractivity contribution in [2.45, 2.75) is 19.0 Å². The Hall–Kier alpha value is -4.07. The van der Waals surface area contributed by atoms with Gasteiger partial charge in [0.25, 0.3) is 0 Å². The molecule has 0 saturated carbocycles. The summed E-state index contributed by atoms with van der Waals surface area (Å²) < 4.78 is 18.2. The highest BCUT2D eigenvalue weighted by molar-refractivity contribution is 5.87. The van der Waals surface area contributed by atoms with Crippen LogP contribution in [0.2, 0.25) is 0 Å². The lowest BCUT2D eigenvalue weighted by Gasteiger charge is -2.19. The van der Waals surface area contributed by atoms with E-state index in [0.29, 0.717) is 19.5 Å². The maximum absolute atomic E-state index is 13.1. The average molecular weight is 465 g/mol. The third-order valence-electron chi connectivity index (χ3n) is 5.11. The van der Waals surface area contributed by atoms with Crippen molar-refractivity contribution in [3.8, 4) is 5.75 Å². The van der Waals surface area contributed by atoms with Gasteiger partial charge >= 0.3 is 6.03 Å². The van der Waals surface area contributed by atoms with Gasteiger partial charge in [-0.15, -0.1) is 0 Å². The van der Waals surface area contributed by atoms with E-state index in [2.05, 4.69) is 21.3 Å². The number of hydrogen-bond acceptors (Lipinski definition) is 4. The summed E-state index contributed by atoms with van der Waals surface area (Å²) in [4.78, 5) is 25.3. The first kappa shape index (κ1) is 24.6. The summed E-state index contributed by atoms with van der Waals surface area (Å²) in [5.74, 6) is 0.151. The topological polar surface area (TPSA) is 91.5 Å². The molecule has 34 heavy (non-hydrogen) atoms. The maximum atomic E-state index is 13.1. The third kappa shape index (κ3) is 8.12. The summed E-state index contributed by atoms with van der Waals surface area (Å²) in [6, 6.07) is 21.6. The molecule has 4 N–H and O–H groups in total. The highest BCUT2D eigenvalue weighted by atomic mass is 19.1. The molecule has 1 atom stereocenters. The second-order valence-electron chi connectivity index (χ2n) is 7.64. The van der Waals surface area contributed by atoms with Gasteiger partial charge in [0.1, 0.15) is 17.6 Å². The SMILES string of the molecule is COc1ccc(NCCNC(=O)[C@H](Cc2ccccc2)NC(=O)NCc2ccc(F)cc2)cc1. The summed E-state index contributed by atoms with van der Waals surface area (Å²) in [5, 5.41) is 11.6. The van der Waals surface area contributed by atoms with E-state index in [1.54, 1.807) is 19.2 Å². The van der Waals surface area contributed by atoms with Crippen molar-refractivity contribution >= 4 is 17.6 Å². The van der Waals surface area contributed by atoms with Gasteiger partial charge in [-0.25, -0.2) is 9.18 Å². The predicted molar refractivity (Wildman–Crippen MR) is 130 cm³/mol. The lowest BCUT2D eigenvalue weighted by molar-refractivity contribution is -0.122. The molecule has 0 saturated heterocycles. The highest BCUT2D eigenvalue weighted by Gasteiger charge is 2.21. The Morgan fingerprint density at radius 2 is 1.56 bits per heavy atom. The molecule has 0 fully saturated rings. The molecule has 0 heterocycles. The molecule has 0 aliphatic rings. The van der Waals surface area contributed by atoms with Crippen molar-refractivity contribution < 1.29 is 18.7 Å². The van der Waals surface area contributed by atoms with Gasteiger partial charge in [-0.1, -0.05) is 42.5 Å². The number of carbonyl (C=O) groups is 2. The number of urea groups is 1. The van der Waals surface area contributed by atoms with Crippen LogP contribution in [0.5, 0.6) is 5.75 Å². The fourth-order valence-electron chi connectivity index (χ4n) is 3.28. The lowest BCUT2D eigenvalue weighted by Crippen LogP contribution is -2.51. The molecule has 0 radical (unpaired) electrons. The number of carbonyl (C=O) groups excluding carboxylic acids is 2. The van der Waals surface area contributed by atoms with Crippen molar-refractivity contribution in [2.24, 2.45) is 0 Å². The van der Waals surface area contributed by atoms with Crippen molar-refractivity contribution in [3.05, 3.63) is 95.8 Å². The number of hydrogen-bond donors (Lipinski definition) is 4. The predicted octanol–water partition coefficient (Wildman–Crippen LogP) is 3.47. The van der Waals surface area contributed by atoms with Crippen LogP contribution in [0, 0.1) is 5.82 Å². The zero-order valence-corrected chi connectivity index (χ0v) is 19.0. The Morgan fingerprint density at radius 3 is 2.24 bits per heavy atom. The Balaban J connectivity index is 1.51. The van der Waals surface area contributed by atoms with Crippen molar-refractivity contribution in [2.75, 3.05) is 25.5 Å². The van der Waals surface area contributed by atoms with Crippen LogP contribution in [0.15, 0.2) is 78.9 Å². The average Bonchev–Trinajstić information content (AvgIpc) is 2.86. The van der Waals surface area contributed by atoms with E-state index in [0.717, 1.165) is 22.6 Å². The second kappa shape index (κ2) is 12.8. The van der Waals surface area contributed by atoms with E-state index >= 15 is 0 Å². The Labute approximate surface area is 198 Å². The Bertz CT molecular complexity index is 1040. The van der Waals surface area contributed by atoms with Crippen LogP contribution in [-0.2, 0) is 17.8 Å². The van der Waals surface area contributed by atoms with E-state index in [1.807, 2.05) is 54.6 Å². The summed E-state index contributed by atoms with van der Waals surface area (Å²) in [6.45, 7) is 1.12. The van der Waals surface area contributed by atoms with Crippen LogP contribution in [0.1, 0.15) is 11.1 Å². The van der Waals surface area contributed by atoms with Gasteiger partial charge in [0.05, 0.1) is 7.11 Å². The minimum atomic E-state index is -0.753. The summed E-state index contributed by atoms with van der Waals surface area (Å²) in [5.41, 5.74) is 2.59. The van der Waals surface area contributed by atoms with E-state index in [1.165, 1.54) is 12.1 Å². The number of nitrogens with one attached hydrogen (secondary N) is 4. The molecule has 0 aliphatic heterocycles. The van der Waals surface area contributed by atoms with Gasteiger partial charge in [-0.3, -0.25) is 4.79 Å². The number of ether oxygens (including phenoxy) is 1. The summed E-state index contributed by atoms with van der Waals surface area (Å²) in [7, 11) is 1.61. The minimum Gasteiger partial charge on any atom is -0.497 e. The normalized spacial score (nSPS) is 11.2. The fraction of sp³-hybridized carbons (Fsp3) is 0.231. The number of rotatable bonds is 11. The highest BCUT2D eigenvalue weighted by Crippen LogP contribution is 2.14. The molecule has 7 nitrogen and oxygen atoms in total. The van der Waals surface area contributed by atoms with Crippen molar-refractivity contribution in [3.63, 3.8) is 0 Å². The van der Waals surface area contributed by atoms with Crippen LogP contribution in [0.25, 0.3) is 0 Å². The van der Waals surface area contributed by atoms with Crippen LogP contribution < -0.4 is 26.0 Å². The van der Waals surface area contributed by atoms with Gasteiger partial charge < -0.3 is 26.0 Å². The smallest absolute Gasteiger partial charge is 0.315 e. The zero-order chi connectivity index (χ0) is 24.2. The molecule has 3 aromatic carbocycles. The standard InChI is InChI=1S/C26H29FN4O3/c1-34-23-13-11-22(12-14-23)28-15-16-29-25(32)24(17-19-5-3-2-4-6-19)31-26(33)30-18-20-7-9-21(27)10-8-20/h2-14,24,28H,15-18H2,1H3,(H,29,32)(H2,30,31,33)/t24-/m0/s1. The van der Waals surface area contributed by atoms with Crippen LogP contribution in [0.3, 0.4) is 0 Å². The number of methoxy groups -OCH3 is 1. The van der Waals surface area contributed by atoms with Gasteiger partial charge in [0.2, 0.25) is 5.91 Å². The molecule has 3 amide bonds. The summed E-state index contributed by atoms with van der Waals surface area (Å²) >= 11 is 0. The van der Waals surface area contributed by atoms with E-state index in [4.69, 9.17) is 4.74 Å². The minimum absolute atomic E-state index is 0.220. The molecular formula is C26H29FN4O3. The fourth-order valence-corrected chi connectivity index (χ4v) is 3.28. The van der Waals surface area contributed by atoms with E-state index in [-0.39, 0.29) is 18.3 Å². The molecular weight excluding hydrogens is 435 g/mol. The molecule has 0 aliphatic carbocycles. The molecule has 0 spiro atoms. The molecule has 178 valence electrons.